The molecule has 0 bridgehead atoms. The van der Waals surface area contributed by atoms with Gasteiger partial charge in [-0.1, -0.05) is 0 Å². The number of anilines is 1. The summed E-state index contributed by atoms with van der Waals surface area (Å²) in [6.07, 6.45) is 4.38. The van der Waals surface area contributed by atoms with Crippen LogP contribution in [-0.4, -0.2) is 49.8 Å². The fourth-order valence-electron chi connectivity index (χ4n) is 3.50. The molecule has 0 aliphatic rings. The molecule has 1 amide bonds. The summed E-state index contributed by atoms with van der Waals surface area (Å²) < 4.78 is 23.6. The second-order valence-electron chi connectivity index (χ2n) is 8.87. The third-order valence-electron chi connectivity index (χ3n) is 5.21. The van der Waals surface area contributed by atoms with Crippen molar-refractivity contribution in [2.45, 2.75) is 33.7 Å². The molecule has 0 saturated carbocycles. The van der Waals surface area contributed by atoms with Crippen LogP contribution in [0.25, 0.3) is 22.2 Å². The number of nitrogens with one attached hydrogen (secondary N) is 2. The van der Waals surface area contributed by atoms with Gasteiger partial charge in [-0.05, 0) is 45.4 Å². The number of rotatable bonds is 7. The number of amides is 1. The molecule has 4 heterocycles. The van der Waals surface area contributed by atoms with E-state index in [2.05, 4.69) is 31.9 Å². The van der Waals surface area contributed by atoms with Crippen molar-refractivity contribution in [2.75, 3.05) is 19.0 Å². The van der Waals surface area contributed by atoms with Crippen LogP contribution in [0.15, 0.2) is 30.7 Å². The summed E-state index contributed by atoms with van der Waals surface area (Å²) in [4.78, 5) is 17.0. The monoisotopic (exact) mass is 464 g/mol. The maximum atomic E-state index is 15.2. The van der Waals surface area contributed by atoms with E-state index in [1.54, 1.807) is 36.7 Å². The number of nitriles is 1. The predicted molar refractivity (Wildman–Crippen MR) is 124 cm³/mol. The summed E-state index contributed by atoms with van der Waals surface area (Å²) in [5.74, 6) is -0.425. The highest BCUT2D eigenvalue weighted by Gasteiger charge is 2.23. The predicted octanol–water partition coefficient (Wildman–Crippen LogP) is 3.29. The fourth-order valence-corrected chi connectivity index (χ4v) is 3.50. The summed E-state index contributed by atoms with van der Waals surface area (Å²) in [5.41, 5.74) is 1.36. The van der Waals surface area contributed by atoms with Crippen molar-refractivity contribution in [1.29, 1.82) is 5.26 Å². The number of nitrogens with zero attached hydrogens (tertiary/aromatic N) is 6. The number of pyridine rings is 1. The van der Waals surface area contributed by atoms with Gasteiger partial charge in [0, 0.05) is 18.8 Å². The van der Waals surface area contributed by atoms with Crippen LogP contribution in [0, 0.1) is 22.6 Å². The second kappa shape index (κ2) is 8.62. The Labute approximate surface area is 195 Å². The second-order valence-corrected chi connectivity index (χ2v) is 8.87. The van der Waals surface area contributed by atoms with Crippen LogP contribution >= 0.6 is 0 Å². The van der Waals surface area contributed by atoms with Gasteiger partial charge in [-0.3, -0.25) is 4.79 Å². The van der Waals surface area contributed by atoms with E-state index < -0.39 is 11.2 Å². The molecule has 176 valence electrons. The van der Waals surface area contributed by atoms with Gasteiger partial charge in [-0.2, -0.15) is 15.3 Å². The molecule has 4 aromatic heterocycles. The molecule has 11 heteroatoms. The summed E-state index contributed by atoms with van der Waals surface area (Å²) in [7, 11) is 1.44. The number of carbonyl (C=O) groups is 1. The number of hydrogen-bond donors (Lipinski definition) is 2. The summed E-state index contributed by atoms with van der Waals surface area (Å²) in [5, 5.41) is 23.6. The van der Waals surface area contributed by atoms with Crippen LogP contribution in [-0.2, 0) is 0 Å². The molecule has 0 atom stereocenters. The number of hydrogen-bond acceptors (Lipinski definition) is 7. The lowest BCUT2D eigenvalue weighted by molar-refractivity contribution is 0.0944. The van der Waals surface area contributed by atoms with E-state index >= 15 is 4.39 Å². The molecular formula is C23H25FN8O2. The normalized spacial score (nSPS) is 11.7. The lowest BCUT2D eigenvalue weighted by Crippen LogP contribution is -2.29. The number of ether oxygens (including phenoxy) is 1. The van der Waals surface area contributed by atoms with Crippen molar-refractivity contribution < 1.29 is 13.9 Å². The zero-order valence-electron chi connectivity index (χ0n) is 19.5. The molecule has 4 aromatic rings. The van der Waals surface area contributed by atoms with Crippen molar-refractivity contribution in [3.05, 3.63) is 42.1 Å². The molecule has 4 rings (SSSR count). The lowest BCUT2D eigenvalue weighted by Gasteiger charge is -2.16. The van der Waals surface area contributed by atoms with Crippen LogP contribution in [0.1, 0.15) is 38.1 Å². The van der Waals surface area contributed by atoms with Crippen molar-refractivity contribution >= 4 is 22.9 Å². The molecule has 34 heavy (non-hydrogen) atoms. The highest BCUT2D eigenvalue weighted by molar-refractivity contribution is 6.01. The van der Waals surface area contributed by atoms with Crippen LogP contribution in [0.5, 0.6) is 5.88 Å². The quantitative estimate of drug-likeness (QED) is 0.430. The van der Waals surface area contributed by atoms with Crippen molar-refractivity contribution in [2.24, 2.45) is 5.41 Å². The van der Waals surface area contributed by atoms with Crippen molar-refractivity contribution in [3.8, 4) is 23.1 Å². The van der Waals surface area contributed by atoms with Crippen molar-refractivity contribution in [1.82, 2.24) is 29.5 Å². The topological polar surface area (TPSA) is 122 Å². The Morgan fingerprint density at radius 1 is 1.35 bits per heavy atom. The lowest BCUT2D eigenvalue weighted by atomic mass is 9.96. The zero-order chi connectivity index (χ0) is 24.6. The molecule has 0 aliphatic carbocycles. The molecule has 0 unspecified atom stereocenters. The van der Waals surface area contributed by atoms with Crippen LogP contribution in [0.4, 0.5) is 10.3 Å². The van der Waals surface area contributed by atoms with E-state index in [0.717, 1.165) is 0 Å². The Morgan fingerprint density at radius 3 is 2.79 bits per heavy atom. The van der Waals surface area contributed by atoms with Gasteiger partial charge in [-0.15, -0.1) is 5.10 Å². The molecule has 0 aromatic carbocycles. The number of fused-ring (bicyclic) bond motifs is 2. The Bertz CT molecular complexity index is 1430. The van der Waals surface area contributed by atoms with Gasteiger partial charge in [0.1, 0.15) is 5.52 Å². The average Bonchev–Trinajstić information content (AvgIpc) is 3.36. The summed E-state index contributed by atoms with van der Waals surface area (Å²) in [6, 6.07) is 5.55. The van der Waals surface area contributed by atoms with Gasteiger partial charge in [0.15, 0.2) is 5.82 Å². The third kappa shape index (κ3) is 4.22. The van der Waals surface area contributed by atoms with E-state index in [1.807, 2.05) is 13.8 Å². The average molecular weight is 465 g/mol. The minimum Gasteiger partial charge on any atom is -0.479 e. The molecule has 0 aliphatic heterocycles. The summed E-state index contributed by atoms with van der Waals surface area (Å²) in [6.45, 7) is 7.60. The van der Waals surface area contributed by atoms with Crippen LogP contribution in [0.3, 0.4) is 0 Å². The first-order chi connectivity index (χ1) is 16.1. The third-order valence-corrected chi connectivity index (χ3v) is 5.21. The first kappa shape index (κ1) is 23.0. The number of carbonyl (C=O) groups excluding carboxylic acids is 1. The first-order valence-corrected chi connectivity index (χ1v) is 10.7. The van der Waals surface area contributed by atoms with E-state index in [0.29, 0.717) is 28.7 Å². The van der Waals surface area contributed by atoms with Gasteiger partial charge < -0.3 is 15.4 Å². The fraction of sp³-hybridized carbons (Fsp3) is 0.348. The van der Waals surface area contributed by atoms with E-state index in [9.17, 15) is 10.1 Å². The first-order valence-electron chi connectivity index (χ1n) is 10.7. The van der Waals surface area contributed by atoms with Crippen molar-refractivity contribution in [3.63, 3.8) is 0 Å². The summed E-state index contributed by atoms with van der Waals surface area (Å²) >= 11 is 0. The molecule has 2 N–H and O–H groups in total. The number of halogens is 1. The molecular weight excluding hydrogens is 439 g/mol. The van der Waals surface area contributed by atoms with Gasteiger partial charge in [0.05, 0.1) is 47.6 Å². The molecule has 0 fully saturated rings. The molecule has 0 radical (unpaired) electrons. The SMILES string of the molecule is COc1nc(NCC(C)(C)C#N)nn2cc(F)c(-c3ccn4ncc(C(=O)NC(C)C)c4c3)c12. The highest BCUT2D eigenvalue weighted by Crippen LogP contribution is 2.35. The Hall–Kier alpha value is -4.20. The molecule has 0 saturated heterocycles. The molecule has 10 nitrogen and oxygen atoms in total. The van der Waals surface area contributed by atoms with Gasteiger partial charge in [0.25, 0.3) is 5.91 Å². The van der Waals surface area contributed by atoms with E-state index in [-0.39, 0.29) is 29.3 Å². The van der Waals surface area contributed by atoms with Crippen LogP contribution in [0.2, 0.25) is 0 Å². The van der Waals surface area contributed by atoms with Gasteiger partial charge in [-0.25, -0.2) is 13.4 Å². The van der Waals surface area contributed by atoms with Crippen LogP contribution < -0.4 is 15.4 Å². The smallest absolute Gasteiger partial charge is 0.255 e. The Morgan fingerprint density at radius 2 is 2.12 bits per heavy atom. The van der Waals surface area contributed by atoms with Gasteiger partial charge >= 0.3 is 0 Å². The van der Waals surface area contributed by atoms with Gasteiger partial charge in [0.2, 0.25) is 11.8 Å². The number of methoxy groups -OCH3 is 1. The minimum absolute atomic E-state index is 0.0403. The minimum atomic E-state index is -0.640. The highest BCUT2D eigenvalue weighted by atomic mass is 19.1. The Balaban J connectivity index is 1.81. The zero-order valence-corrected chi connectivity index (χ0v) is 19.5. The van der Waals surface area contributed by atoms with E-state index in [1.165, 1.54) is 24.0 Å². The number of aromatic nitrogens is 5. The maximum absolute atomic E-state index is 15.2. The Kier molecular flexibility index (Phi) is 5.83. The van der Waals surface area contributed by atoms with E-state index in [4.69, 9.17) is 4.74 Å². The largest absolute Gasteiger partial charge is 0.479 e. The molecule has 0 spiro atoms. The standard InChI is InChI=1S/C23H25FN8O2/c1-13(2)28-20(33)15-9-27-31-7-6-14(8-17(15)31)18-16(24)10-32-19(18)21(34-5)29-22(30-32)26-12-23(3,4)11-25/h6-10,13H,12H2,1-5H3,(H,26,30)(H,28,33). The maximum Gasteiger partial charge on any atom is 0.255 e.